The lowest BCUT2D eigenvalue weighted by Crippen LogP contribution is -2.43. The van der Waals surface area contributed by atoms with Gasteiger partial charge in [-0.2, -0.15) is 0 Å². The molecule has 0 spiro atoms. The monoisotopic (exact) mass is 449 g/mol. The zero-order valence-electron chi connectivity index (χ0n) is 16.5. The van der Waals surface area contributed by atoms with Gasteiger partial charge in [-0.15, -0.1) is 0 Å². The summed E-state index contributed by atoms with van der Waals surface area (Å²) in [7, 11) is 0. The lowest BCUT2D eigenvalue weighted by molar-refractivity contribution is -0.125. The third-order valence-electron chi connectivity index (χ3n) is 4.47. The highest BCUT2D eigenvalue weighted by Gasteiger charge is 2.17. The number of ether oxygens (including phenoxy) is 1. The van der Waals surface area contributed by atoms with Crippen LogP contribution in [0.15, 0.2) is 77.4 Å². The number of nitrogens with zero attached hydrogens (tertiary/aromatic N) is 1. The predicted octanol–water partition coefficient (Wildman–Crippen LogP) is 3.77. The van der Waals surface area contributed by atoms with Crippen molar-refractivity contribution in [2.24, 2.45) is 0 Å². The van der Waals surface area contributed by atoms with E-state index in [-0.39, 0.29) is 5.56 Å². The Bertz CT molecular complexity index is 1290. The minimum absolute atomic E-state index is 0.236. The summed E-state index contributed by atoms with van der Waals surface area (Å²) in [5, 5.41) is 1.06. The molecule has 0 bridgehead atoms. The molecule has 9 heteroatoms. The van der Waals surface area contributed by atoms with E-state index in [9.17, 15) is 14.4 Å². The molecule has 32 heavy (non-hydrogen) atoms. The van der Waals surface area contributed by atoms with Crippen molar-refractivity contribution in [2.45, 2.75) is 0 Å². The van der Waals surface area contributed by atoms with E-state index in [0.29, 0.717) is 32.9 Å². The smallest absolute Gasteiger partial charge is 0.339 e. The molecule has 2 aromatic carbocycles. The second kappa shape index (κ2) is 9.32. The maximum absolute atomic E-state index is 12.7. The second-order valence-electron chi connectivity index (χ2n) is 6.63. The molecular weight excluding hydrogens is 434 g/mol. The molecule has 0 radical (unpaired) electrons. The molecule has 2 amide bonds. The van der Waals surface area contributed by atoms with E-state index in [1.165, 1.54) is 18.4 Å². The Balaban J connectivity index is 1.42. The molecular formula is C23H16ClN3O5. The molecule has 0 aliphatic rings. The van der Waals surface area contributed by atoms with Gasteiger partial charge in [-0.3, -0.25) is 20.4 Å². The van der Waals surface area contributed by atoms with Gasteiger partial charge in [0.15, 0.2) is 12.4 Å². The number of fused-ring (bicyclic) bond motifs is 1. The van der Waals surface area contributed by atoms with Crippen LogP contribution in [0.2, 0.25) is 5.02 Å². The number of hydrazine groups is 1. The molecule has 0 fully saturated rings. The van der Waals surface area contributed by atoms with Gasteiger partial charge in [-0.1, -0.05) is 29.8 Å². The van der Waals surface area contributed by atoms with E-state index < -0.39 is 24.4 Å². The zero-order chi connectivity index (χ0) is 22.5. The predicted molar refractivity (Wildman–Crippen MR) is 117 cm³/mol. The maximum atomic E-state index is 12.7. The van der Waals surface area contributed by atoms with Crippen LogP contribution in [-0.4, -0.2) is 29.4 Å². The molecule has 0 aliphatic carbocycles. The Labute approximate surface area is 187 Å². The number of esters is 1. The molecule has 0 atom stereocenters. The molecule has 0 saturated carbocycles. The first-order valence-corrected chi connectivity index (χ1v) is 9.84. The molecule has 0 saturated heterocycles. The number of amides is 2. The van der Waals surface area contributed by atoms with Crippen molar-refractivity contribution < 1.29 is 23.5 Å². The number of halogens is 1. The number of hydrogen-bond acceptors (Lipinski definition) is 6. The van der Waals surface area contributed by atoms with Crippen LogP contribution >= 0.6 is 11.6 Å². The molecule has 8 nitrogen and oxygen atoms in total. The van der Waals surface area contributed by atoms with Crippen LogP contribution < -0.4 is 10.9 Å². The van der Waals surface area contributed by atoms with Gasteiger partial charge >= 0.3 is 5.97 Å². The summed E-state index contributed by atoms with van der Waals surface area (Å²) in [6.07, 6.45) is 1.51. The third kappa shape index (κ3) is 4.76. The molecule has 2 heterocycles. The van der Waals surface area contributed by atoms with Crippen molar-refractivity contribution in [3.8, 4) is 11.5 Å². The van der Waals surface area contributed by atoms with Crippen molar-refractivity contribution in [1.29, 1.82) is 0 Å². The van der Waals surface area contributed by atoms with Crippen LogP contribution in [0.1, 0.15) is 20.7 Å². The van der Waals surface area contributed by atoms with Gasteiger partial charge in [0.05, 0.1) is 17.3 Å². The molecule has 160 valence electrons. The van der Waals surface area contributed by atoms with E-state index in [2.05, 4.69) is 15.8 Å². The van der Waals surface area contributed by atoms with Gasteiger partial charge in [0, 0.05) is 16.0 Å². The normalized spacial score (nSPS) is 10.5. The topological polar surface area (TPSA) is 111 Å². The zero-order valence-corrected chi connectivity index (χ0v) is 17.3. The standard InChI is InChI=1S/C23H16ClN3O5/c24-15-9-7-14(8-10-15)22(29)27-26-21(28)13-32-23(30)17-12-19(20-6-3-11-31-20)25-18-5-2-1-4-16(17)18/h1-12H,13H2,(H,26,28)(H,27,29). The number of carbonyl (C=O) groups is 3. The van der Waals surface area contributed by atoms with Crippen LogP contribution in [0.25, 0.3) is 22.4 Å². The quantitative estimate of drug-likeness (QED) is 0.354. The Hall–Kier alpha value is -4.17. The van der Waals surface area contributed by atoms with Gasteiger partial charge in [-0.05, 0) is 48.5 Å². The molecule has 2 aromatic heterocycles. The van der Waals surface area contributed by atoms with Crippen LogP contribution in [0.4, 0.5) is 0 Å². The molecule has 0 aliphatic heterocycles. The number of hydrogen-bond donors (Lipinski definition) is 2. The summed E-state index contributed by atoms with van der Waals surface area (Å²) in [5.41, 5.74) is 6.02. The molecule has 2 N–H and O–H groups in total. The third-order valence-corrected chi connectivity index (χ3v) is 4.72. The Kier molecular flexibility index (Phi) is 6.14. The Morgan fingerprint density at radius 3 is 2.50 bits per heavy atom. The summed E-state index contributed by atoms with van der Waals surface area (Å²) < 4.78 is 10.5. The van der Waals surface area contributed by atoms with E-state index in [0.717, 1.165) is 0 Å². The lowest BCUT2D eigenvalue weighted by Gasteiger charge is -2.10. The van der Waals surface area contributed by atoms with Gasteiger partial charge in [0.25, 0.3) is 11.8 Å². The Morgan fingerprint density at radius 2 is 1.75 bits per heavy atom. The van der Waals surface area contributed by atoms with E-state index in [1.54, 1.807) is 54.6 Å². The van der Waals surface area contributed by atoms with E-state index in [4.69, 9.17) is 20.8 Å². The van der Waals surface area contributed by atoms with Crippen molar-refractivity contribution in [3.05, 3.63) is 89.1 Å². The van der Waals surface area contributed by atoms with Crippen molar-refractivity contribution in [3.63, 3.8) is 0 Å². The summed E-state index contributed by atoms with van der Waals surface area (Å²) in [5.74, 6) is -1.46. The van der Waals surface area contributed by atoms with Gasteiger partial charge in [0.1, 0.15) is 5.69 Å². The number of carbonyl (C=O) groups excluding carboxylic acids is 3. The van der Waals surface area contributed by atoms with Crippen molar-refractivity contribution in [2.75, 3.05) is 6.61 Å². The Morgan fingerprint density at radius 1 is 0.969 bits per heavy atom. The highest BCUT2D eigenvalue weighted by atomic mass is 35.5. The summed E-state index contributed by atoms with van der Waals surface area (Å²) >= 11 is 5.78. The molecule has 4 rings (SSSR count). The number of nitrogens with one attached hydrogen (secondary N) is 2. The van der Waals surface area contributed by atoms with Crippen LogP contribution in [-0.2, 0) is 9.53 Å². The first-order valence-electron chi connectivity index (χ1n) is 9.47. The first-order chi connectivity index (χ1) is 15.5. The number of aromatic nitrogens is 1. The fraction of sp³-hybridized carbons (Fsp3) is 0.0435. The highest BCUT2D eigenvalue weighted by molar-refractivity contribution is 6.30. The van der Waals surface area contributed by atoms with Gasteiger partial charge < -0.3 is 9.15 Å². The average molecular weight is 450 g/mol. The second-order valence-corrected chi connectivity index (χ2v) is 7.07. The summed E-state index contributed by atoms with van der Waals surface area (Å²) in [6.45, 7) is -0.591. The SMILES string of the molecule is O=C(COC(=O)c1cc(-c2ccco2)nc2ccccc12)NNC(=O)c1ccc(Cl)cc1. The van der Waals surface area contributed by atoms with Crippen LogP contribution in [0.3, 0.4) is 0 Å². The first kappa shape index (κ1) is 21.1. The molecule has 0 unspecified atom stereocenters. The number of pyridine rings is 1. The summed E-state index contributed by atoms with van der Waals surface area (Å²) in [6, 6.07) is 18.2. The maximum Gasteiger partial charge on any atom is 0.339 e. The van der Waals surface area contributed by atoms with Gasteiger partial charge in [-0.25, -0.2) is 9.78 Å². The number of para-hydroxylation sites is 1. The minimum Gasteiger partial charge on any atom is -0.463 e. The highest BCUT2D eigenvalue weighted by Crippen LogP contribution is 2.25. The largest absolute Gasteiger partial charge is 0.463 e. The fourth-order valence-corrected chi connectivity index (χ4v) is 3.07. The van der Waals surface area contributed by atoms with Crippen molar-refractivity contribution in [1.82, 2.24) is 15.8 Å². The van der Waals surface area contributed by atoms with Crippen LogP contribution in [0.5, 0.6) is 0 Å². The fourth-order valence-electron chi connectivity index (χ4n) is 2.94. The van der Waals surface area contributed by atoms with Crippen LogP contribution in [0, 0.1) is 0 Å². The molecule has 4 aromatic rings. The van der Waals surface area contributed by atoms with Crippen molar-refractivity contribution >= 4 is 40.3 Å². The number of rotatable bonds is 5. The summed E-state index contributed by atoms with van der Waals surface area (Å²) in [4.78, 5) is 41.3. The lowest BCUT2D eigenvalue weighted by atomic mass is 10.1. The number of furan rings is 1. The van der Waals surface area contributed by atoms with E-state index >= 15 is 0 Å². The number of benzene rings is 2. The van der Waals surface area contributed by atoms with Gasteiger partial charge in [0.2, 0.25) is 0 Å². The average Bonchev–Trinajstić information content (AvgIpc) is 3.36. The minimum atomic E-state index is -0.712. The van der Waals surface area contributed by atoms with E-state index in [1.807, 2.05) is 0 Å².